The van der Waals surface area contributed by atoms with E-state index in [0.29, 0.717) is 12.0 Å². The summed E-state index contributed by atoms with van der Waals surface area (Å²) in [5, 5.41) is 6.59. The van der Waals surface area contributed by atoms with Gasteiger partial charge >= 0.3 is 0 Å². The Balaban J connectivity index is 1.86. The van der Waals surface area contributed by atoms with Crippen molar-refractivity contribution < 1.29 is 9.47 Å². The molecule has 1 aliphatic rings. The topological polar surface area (TPSA) is 68.3 Å². The van der Waals surface area contributed by atoms with Crippen LogP contribution in [0.4, 0.5) is 17.5 Å². The molecule has 2 aromatic rings. The van der Waals surface area contributed by atoms with Crippen LogP contribution in [-0.4, -0.2) is 30.2 Å². The Labute approximate surface area is 129 Å². The third kappa shape index (κ3) is 3.39. The molecule has 0 radical (unpaired) electrons. The van der Waals surface area contributed by atoms with Crippen LogP contribution < -0.4 is 20.1 Å². The highest BCUT2D eigenvalue weighted by Crippen LogP contribution is 2.31. The van der Waals surface area contributed by atoms with Gasteiger partial charge in [0.1, 0.15) is 17.3 Å². The molecule has 1 aliphatic carbocycles. The molecule has 1 heterocycles. The summed E-state index contributed by atoms with van der Waals surface area (Å²) in [5.41, 5.74) is 1.71. The van der Waals surface area contributed by atoms with Crippen LogP contribution in [-0.2, 0) is 0 Å². The highest BCUT2D eigenvalue weighted by atomic mass is 16.5. The zero-order chi connectivity index (χ0) is 15.5. The highest BCUT2D eigenvalue weighted by Gasteiger charge is 2.22. The number of hydrogen-bond donors (Lipinski definition) is 2. The molecule has 3 rings (SSSR count). The second-order valence-corrected chi connectivity index (χ2v) is 5.33. The molecule has 0 bridgehead atoms. The molecule has 0 spiro atoms. The maximum absolute atomic E-state index is 5.37. The lowest BCUT2D eigenvalue weighted by molar-refractivity contribution is 0.405. The first kappa shape index (κ1) is 14.4. The van der Waals surface area contributed by atoms with E-state index >= 15 is 0 Å². The van der Waals surface area contributed by atoms with Crippen LogP contribution in [0.3, 0.4) is 0 Å². The van der Waals surface area contributed by atoms with Gasteiger partial charge in [0.2, 0.25) is 5.95 Å². The average Bonchev–Trinajstić information content (AvgIpc) is 3.30. The van der Waals surface area contributed by atoms with Gasteiger partial charge < -0.3 is 20.1 Å². The minimum Gasteiger partial charge on any atom is -0.497 e. The Morgan fingerprint density at radius 2 is 1.91 bits per heavy atom. The number of nitrogens with zero attached hydrogens (tertiary/aromatic N) is 2. The number of nitrogens with one attached hydrogen (secondary N) is 2. The van der Waals surface area contributed by atoms with Crippen LogP contribution in [0.25, 0.3) is 0 Å². The number of hydrogen-bond acceptors (Lipinski definition) is 6. The Hall–Kier alpha value is -2.50. The molecule has 6 heteroatoms. The smallest absolute Gasteiger partial charge is 0.225 e. The number of methoxy groups -OCH3 is 2. The van der Waals surface area contributed by atoms with Crippen LogP contribution in [0.5, 0.6) is 11.5 Å². The molecule has 1 aromatic heterocycles. The number of anilines is 3. The maximum Gasteiger partial charge on any atom is 0.225 e. The second-order valence-electron chi connectivity index (χ2n) is 5.33. The average molecular weight is 300 g/mol. The first-order valence-electron chi connectivity index (χ1n) is 7.29. The minimum atomic E-state index is 0.515. The molecular weight excluding hydrogens is 280 g/mol. The lowest BCUT2D eigenvalue weighted by Gasteiger charge is -2.13. The van der Waals surface area contributed by atoms with Crippen molar-refractivity contribution in [2.24, 2.45) is 0 Å². The molecule has 1 aromatic carbocycles. The first-order chi connectivity index (χ1) is 10.7. The van der Waals surface area contributed by atoms with E-state index in [1.807, 2.05) is 31.2 Å². The summed E-state index contributed by atoms with van der Waals surface area (Å²) in [7, 11) is 3.27. The maximum atomic E-state index is 5.37. The van der Waals surface area contributed by atoms with Gasteiger partial charge in [0, 0.05) is 23.9 Å². The van der Waals surface area contributed by atoms with Crippen LogP contribution in [0.1, 0.15) is 18.5 Å². The summed E-state index contributed by atoms with van der Waals surface area (Å²) < 4.78 is 10.6. The quantitative estimate of drug-likeness (QED) is 0.854. The predicted octanol–water partition coefficient (Wildman–Crippen LogP) is 3.12. The van der Waals surface area contributed by atoms with Crippen molar-refractivity contribution in [2.45, 2.75) is 25.8 Å². The summed E-state index contributed by atoms with van der Waals surface area (Å²) in [6.07, 6.45) is 2.37. The Morgan fingerprint density at radius 3 is 2.59 bits per heavy atom. The summed E-state index contributed by atoms with van der Waals surface area (Å²) in [5.74, 6) is 2.87. The fourth-order valence-corrected chi connectivity index (χ4v) is 2.16. The Kier molecular flexibility index (Phi) is 4.00. The van der Waals surface area contributed by atoms with Crippen molar-refractivity contribution in [2.75, 3.05) is 24.9 Å². The zero-order valence-electron chi connectivity index (χ0n) is 13.0. The lowest BCUT2D eigenvalue weighted by Crippen LogP contribution is -2.08. The van der Waals surface area contributed by atoms with E-state index in [9.17, 15) is 0 Å². The number of aromatic nitrogens is 2. The number of benzene rings is 1. The molecule has 6 nitrogen and oxygen atoms in total. The van der Waals surface area contributed by atoms with Crippen molar-refractivity contribution >= 4 is 17.5 Å². The van der Waals surface area contributed by atoms with Gasteiger partial charge in [0.25, 0.3) is 0 Å². The van der Waals surface area contributed by atoms with Crippen LogP contribution >= 0.6 is 0 Å². The number of aryl methyl sites for hydroxylation is 1. The van der Waals surface area contributed by atoms with Crippen molar-refractivity contribution in [3.05, 3.63) is 30.0 Å². The van der Waals surface area contributed by atoms with E-state index in [1.54, 1.807) is 14.2 Å². The molecule has 0 unspecified atom stereocenters. The normalized spacial score (nSPS) is 13.6. The van der Waals surface area contributed by atoms with Gasteiger partial charge in [0.15, 0.2) is 0 Å². The Morgan fingerprint density at radius 1 is 1.09 bits per heavy atom. The van der Waals surface area contributed by atoms with E-state index in [4.69, 9.17) is 9.47 Å². The van der Waals surface area contributed by atoms with Gasteiger partial charge in [-0.3, -0.25) is 0 Å². The Bertz CT molecular complexity index is 671. The summed E-state index contributed by atoms with van der Waals surface area (Å²) in [6.45, 7) is 1.95. The van der Waals surface area contributed by atoms with Crippen molar-refractivity contribution in [1.82, 2.24) is 9.97 Å². The van der Waals surface area contributed by atoms with E-state index < -0.39 is 0 Å². The second kappa shape index (κ2) is 6.09. The standard InChI is InChI=1S/C16H20N4O2/c1-10-8-15(20-16(17-10)18-11-4-5-11)19-13-9-12(21-2)6-7-14(13)22-3/h6-9,11H,4-5H2,1-3H3,(H2,17,18,19,20). The van der Waals surface area contributed by atoms with Gasteiger partial charge in [-0.25, -0.2) is 4.98 Å². The number of ether oxygens (including phenoxy) is 2. The van der Waals surface area contributed by atoms with Crippen molar-refractivity contribution in [3.8, 4) is 11.5 Å². The van der Waals surface area contributed by atoms with Crippen molar-refractivity contribution in [3.63, 3.8) is 0 Å². The fourth-order valence-electron chi connectivity index (χ4n) is 2.16. The summed E-state index contributed by atoms with van der Waals surface area (Å²) in [6, 6.07) is 8.01. The van der Waals surface area contributed by atoms with E-state index in [2.05, 4.69) is 20.6 Å². The third-order valence-electron chi connectivity index (χ3n) is 3.43. The lowest BCUT2D eigenvalue weighted by atomic mass is 10.2. The summed E-state index contributed by atoms with van der Waals surface area (Å²) >= 11 is 0. The van der Waals surface area contributed by atoms with Gasteiger partial charge in [-0.2, -0.15) is 4.98 Å². The van der Waals surface area contributed by atoms with Crippen LogP contribution in [0.2, 0.25) is 0 Å². The molecular formula is C16H20N4O2. The fraction of sp³-hybridized carbons (Fsp3) is 0.375. The molecule has 0 atom stereocenters. The van der Waals surface area contributed by atoms with E-state index in [0.717, 1.165) is 28.7 Å². The third-order valence-corrected chi connectivity index (χ3v) is 3.43. The molecule has 0 amide bonds. The molecule has 2 N–H and O–H groups in total. The van der Waals surface area contributed by atoms with E-state index in [-0.39, 0.29) is 0 Å². The van der Waals surface area contributed by atoms with Gasteiger partial charge in [-0.1, -0.05) is 0 Å². The van der Waals surface area contributed by atoms with Crippen LogP contribution in [0, 0.1) is 6.92 Å². The monoisotopic (exact) mass is 300 g/mol. The zero-order valence-corrected chi connectivity index (χ0v) is 13.0. The molecule has 1 saturated carbocycles. The molecule has 0 saturated heterocycles. The largest absolute Gasteiger partial charge is 0.497 e. The minimum absolute atomic E-state index is 0.515. The van der Waals surface area contributed by atoms with Gasteiger partial charge in [-0.15, -0.1) is 0 Å². The van der Waals surface area contributed by atoms with Crippen molar-refractivity contribution in [1.29, 1.82) is 0 Å². The highest BCUT2D eigenvalue weighted by molar-refractivity contribution is 5.67. The molecule has 116 valence electrons. The van der Waals surface area contributed by atoms with Gasteiger partial charge in [-0.05, 0) is 31.9 Å². The summed E-state index contributed by atoms with van der Waals surface area (Å²) in [4.78, 5) is 8.92. The molecule has 22 heavy (non-hydrogen) atoms. The van der Waals surface area contributed by atoms with Crippen LogP contribution in [0.15, 0.2) is 24.3 Å². The predicted molar refractivity (Wildman–Crippen MR) is 86.2 cm³/mol. The first-order valence-corrected chi connectivity index (χ1v) is 7.29. The van der Waals surface area contributed by atoms with Gasteiger partial charge in [0.05, 0.1) is 19.9 Å². The molecule has 0 aliphatic heterocycles. The van der Waals surface area contributed by atoms with E-state index in [1.165, 1.54) is 12.8 Å². The molecule has 1 fully saturated rings. The SMILES string of the molecule is COc1ccc(OC)c(Nc2cc(C)nc(NC3CC3)n2)c1. The number of rotatable bonds is 6.